The zero-order valence-corrected chi connectivity index (χ0v) is 12.5. The van der Waals surface area contributed by atoms with Crippen LogP contribution in [-0.2, 0) is 12.8 Å². The number of benzene rings is 1. The van der Waals surface area contributed by atoms with E-state index in [0.717, 1.165) is 37.3 Å². The molecule has 0 spiro atoms. The van der Waals surface area contributed by atoms with Crippen LogP contribution in [0.15, 0.2) is 24.4 Å². The molecule has 0 bridgehead atoms. The molecule has 1 aromatic carbocycles. The standard InChI is InChI=1S/C16H23N3O/c1-4-9-20-16-8-6-13(10-15(16)12(2)3)5-7-14-11-17-19-18-14/h6,8,10-12H,4-5,7,9H2,1-3H3,(H,17,18,19). The summed E-state index contributed by atoms with van der Waals surface area (Å²) in [5, 5.41) is 10.6. The van der Waals surface area contributed by atoms with Gasteiger partial charge in [-0.3, -0.25) is 0 Å². The van der Waals surface area contributed by atoms with E-state index in [-0.39, 0.29) is 0 Å². The normalized spacial score (nSPS) is 11.0. The predicted molar refractivity (Wildman–Crippen MR) is 80.1 cm³/mol. The van der Waals surface area contributed by atoms with Crippen LogP contribution in [0.1, 0.15) is 49.9 Å². The molecule has 4 nitrogen and oxygen atoms in total. The summed E-state index contributed by atoms with van der Waals surface area (Å²) in [7, 11) is 0. The van der Waals surface area contributed by atoms with Crippen LogP contribution in [0.2, 0.25) is 0 Å². The lowest BCUT2D eigenvalue weighted by Gasteiger charge is -2.15. The minimum absolute atomic E-state index is 0.467. The molecule has 0 unspecified atom stereocenters. The second kappa shape index (κ2) is 7.08. The first kappa shape index (κ1) is 14.6. The van der Waals surface area contributed by atoms with Crippen molar-refractivity contribution >= 4 is 0 Å². The third-order valence-corrected chi connectivity index (χ3v) is 3.29. The highest BCUT2D eigenvalue weighted by molar-refractivity contribution is 5.39. The number of H-pyrrole nitrogens is 1. The monoisotopic (exact) mass is 273 g/mol. The van der Waals surface area contributed by atoms with Gasteiger partial charge >= 0.3 is 0 Å². The van der Waals surface area contributed by atoms with Gasteiger partial charge in [0.15, 0.2) is 0 Å². The van der Waals surface area contributed by atoms with Crippen LogP contribution in [0.5, 0.6) is 5.75 Å². The summed E-state index contributed by atoms with van der Waals surface area (Å²) in [6.07, 6.45) is 4.69. The summed E-state index contributed by atoms with van der Waals surface area (Å²) in [5.41, 5.74) is 3.61. The molecule has 0 aliphatic carbocycles. The maximum absolute atomic E-state index is 5.83. The molecule has 1 aromatic heterocycles. The van der Waals surface area contributed by atoms with E-state index in [4.69, 9.17) is 4.74 Å². The summed E-state index contributed by atoms with van der Waals surface area (Å²) in [6, 6.07) is 6.51. The van der Waals surface area contributed by atoms with Crippen LogP contribution in [0.25, 0.3) is 0 Å². The highest BCUT2D eigenvalue weighted by Gasteiger charge is 2.09. The Morgan fingerprint density at radius 2 is 2.10 bits per heavy atom. The molecule has 2 rings (SSSR count). The maximum Gasteiger partial charge on any atom is 0.122 e. The highest BCUT2D eigenvalue weighted by atomic mass is 16.5. The van der Waals surface area contributed by atoms with E-state index in [0.29, 0.717) is 5.92 Å². The third-order valence-electron chi connectivity index (χ3n) is 3.29. The van der Waals surface area contributed by atoms with Crippen molar-refractivity contribution in [1.82, 2.24) is 15.4 Å². The third kappa shape index (κ3) is 3.83. The lowest BCUT2D eigenvalue weighted by molar-refractivity contribution is 0.313. The molecule has 20 heavy (non-hydrogen) atoms. The van der Waals surface area contributed by atoms with Crippen molar-refractivity contribution in [2.45, 2.75) is 46.0 Å². The zero-order valence-electron chi connectivity index (χ0n) is 12.5. The number of hydrogen-bond donors (Lipinski definition) is 1. The van der Waals surface area contributed by atoms with Crippen LogP contribution in [0, 0.1) is 0 Å². The Morgan fingerprint density at radius 3 is 2.75 bits per heavy atom. The van der Waals surface area contributed by atoms with Crippen LogP contribution in [0.4, 0.5) is 0 Å². The number of hydrogen-bond acceptors (Lipinski definition) is 3. The number of aromatic nitrogens is 3. The van der Waals surface area contributed by atoms with Gasteiger partial charge in [-0.25, -0.2) is 0 Å². The van der Waals surface area contributed by atoms with Crippen molar-refractivity contribution in [2.24, 2.45) is 0 Å². The second-order valence-electron chi connectivity index (χ2n) is 5.34. The fraction of sp³-hybridized carbons (Fsp3) is 0.500. The maximum atomic E-state index is 5.83. The molecule has 0 saturated heterocycles. The second-order valence-corrected chi connectivity index (χ2v) is 5.34. The van der Waals surface area contributed by atoms with Crippen molar-refractivity contribution in [3.63, 3.8) is 0 Å². The lowest BCUT2D eigenvalue weighted by atomic mass is 9.97. The van der Waals surface area contributed by atoms with E-state index in [1.54, 1.807) is 6.20 Å². The zero-order chi connectivity index (χ0) is 14.4. The van der Waals surface area contributed by atoms with Crippen molar-refractivity contribution in [2.75, 3.05) is 6.61 Å². The number of nitrogens with one attached hydrogen (secondary N) is 1. The smallest absolute Gasteiger partial charge is 0.122 e. The first-order valence-electron chi connectivity index (χ1n) is 7.31. The van der Waals surface area contributed by atoms with Gasteiger partial charge in [-0.15, -0.1) is 0 Å². The fourth-order valence-corrected chi connectivity index (χ4v) is 2.17. The Bertz CT molecular complexity index is 521. The van der Waals surface area contributed by atoms with E-state index in [2.05, 4.69) is 54.4 Å². The summed E-state index contributed by atoms with van der Waals surface area (Å²) >= 11 is 0. The topological polar surface area (TPSA) is 50.8 Å². The molecule has 4 heteroatoms. The summed E-state index contributed by atoms with van der Waals surface area (Å²) in [6.45, 7) is 7.31. The van der Waals surface area contributed by atoms with Gasteiger partial charge in [0.05, 0.1) is 18.5 Å². The van der Waals surface area contributed by atoms with E-state index >= 15 is 0 Å². The summed E-state index contributed by atoms with van der Waals surface area (Å²) in [5.74, 6) is 1.49. The van der Waals surface area contributed by atoms with Crippen LogP contribution in [-0.4, -0.2) is 22.0 Å². The quantitative estimate of drug-likeness (QED) is 0.840. The van der Waals surface area contributed by atoms with Crippen molar-refractivity contribution < 1.29 is 4.74 Å². The Balaban J connectivity index is 2.08. The minimum atomic E-state index is 0.467. The van der Waals surface area contributed by atoms with Gasteiger partial charge in [0.2, 0.25) is 0 Å². The van der Waals surface area contributed by atoms with Gasteiger partial charge in [-0.05, 0) is 42.4 Å². The van der Waals surface area contributed by atoms with Crippen molar-refractivity contribution in [3.05, 3.63) is 41.2 Å². The minimum Gasteiger partial charge on any atom is -0.493 e. The highest BCUT2D eigenvalue weighted by Crippen LogP contribution is 2.28. The van der Waals surface area contributed by atoms with Gasteiger partial charge in [-0.1, -0.05) is 32.9 Å². The van der Waals surface area contributed by atoms with E-state index in [1.807, 2.05) is 0 Å². The first-order chi connectivity index (χ1) is 9.70. The Hall–Kier alpha value is -1.84. The molecular weight excluding hydrogens is 250 g/mol. The molecule has 0 aliphatic rings. The average Bonchev–Trinajstić information content (AvgIpc) is 2.96. The fourth-order valence-electron chi connectivity index (χ4n) is 2.17. The molecule has 2 aromatic rings. The molecule has 1 N–H and O–H groups in total. The molecular formula is C16H23N3O. The largest absolute Gasteiger partial charge is 0.493 e. The van der Waals surface area contributed by atoms with E-state index in [1.165, 1.54) is 11.1 Å². The molecule has 0 amide bonds. The van der Waals surface area contributed by atoms with Crippen LogP contribution >= 0.6 is 0 Å². The first-order valence-corrected chi connectivity index (χ1v) is 7.31. The predicted octanol–water partition coefficient (Wildman–Crippen LogP) is 3.50. The molecule has 0 atom stereocenters. The molecule has 0 aliphatic heterocycles. The average molecular weight is 273 g/mol. The number of aryl methyl sites for hydroxylation is 2. The van der Waals surface area contributed by atoms with E-state index < -0.39 is 0 Å². The summed E-state index contributed by atoms with van der Waals surface area (Å²) < 4.78 is 5.83. The SMILES string of the molecule is CCCOc1ccc(CCc2cn[nH]n2)cc1C(C)C. The molecule has 0 saturated carbocycles. The van der Waals surface area contributed by atoms with Gasteiger partial charge in [-0.2, -0.15) is 15.4 Å². The van der Waals surface area contributed by atoms with Gasteiger partial charge in [0.25, 0.3) is 0 Å². The lowest BCUT2D eigenvalue weighted by Crippen LogP contribution is -2.02. The summed E-state index contributed by atoms with van der Waals surface area (Å²) in [4.78, 5) is 0. The molecule has 0 fully saturated rings. The Morgan fingerprint density at radius 1 is 1.25 bits per heavy atom. The number of nitrogens with zero attached hydrogens (tertiary/aromatic N) is 2. The van der Waals surface area contributed by atoms with Crippen molar-refractivity contribution in [1.29, 1.82) is 0 Å². The number of aromatic amines is 1. The number of rotatable bonds is 7. The van der Waals surface area contributed by atoms with Crippen LogP contribution < -0.4 is 4.74 Å². The van der Waals surface area contributed by atoms with Gasteiger partial charge < -0.3 is 4.74 Å². The van der Waals surface area contributed by atoms with Gasteiger partial charge in [0.1, 0.15) is 5.75 Å². The Labute approximate surface area is 120 Å². The molecule has 108 valence electrons. The van der Waals surface area contributed by atoms with Crippen molar-refractivity contribution in [3.8, 4) is 5.75 Å². The Kier molecular flexibility index (Phi) is 5.16. The van der Waals surface area contributed by atoms with Gasteiger partial charge in [0, 0.05) is 0 Å². The molecule has 1 heterocycles. The number of ether oxygens (including phenoxy) is 1. The molecule has 0 radical (unpaired) electrons. The van der Waals surface area contributed by atoms with Crippen LogP contribution in [0.3, 0.4) is 0 Å². The van der Waals surface area contributed by atoms with E-state index in [9.17, 15) is 0 Å².